The number of benzene rings is 1. The van der Waals surface area contributed by atoms with Crippen LogP contribution in [0.3, 0.4) is 0 Å². The van der Waals surface area contributed by atoms with Gasteiger partial charge in [0.1, 0.15) is 5.60 Å². The second-order valence-electron chi connectivity index (χ2n) is 16.8. The number of anilines is 1. The summed E-state index contributed by atoms with van der Waals surface area (Å²) >= 11 is 4.72. The van der Waals surface area contributed by atoms with Crippen LogP contribution in [0.25, 0.3) is 0 Å². The van der Waals surface area contributed by atoms with Crippen molar-refractivity contribution < 1.29 is 23.4 Å². The molecule has 50 heavy (non-hydrogen) atoms. The Bertz CT molecular complexity index is 1170. The summed E-state index contributed by atoms with van der Waals surface area (Å²) in [6.45, 7) is 28.3. The minimum atomic E-state index is -0.551. The van der Waals surface area contributed by atoms with Crippen LogP contribution in [0.2, 0.25) is 0 Å². The summed E-state index contributed by atoms with van der Waals surface area (Å²) in [5.41, 5.74) is 2.25. The molecule has 1 aromatic carbocycles. The zero-order valence-electron chi connectivity index (χ0n) is 34.5. The molecule has 5 nitrogen and oxygen atoms in total. The van der Waals surface area contributed by atoms with Gasteiger partial charge in [-0.25, -0.2) is 4.39 Å². The molecule has 0 aromatic heterocycles. The molecule has 287 valence electrons. The molecule has 3 rings (SSSR count). The Balaban J connectivity index is 0.000000571. The van der Waals surface area contributed by atoms with Gasteiger partial charge in [0.25, 0.3) is 0 Å². The van der Waals surface area contributed by atoms with Gasteiger partial charge >= 0.3 is 13.5 Å². The van der Waals surface area contributed by atoms with E-state index in [0.29, 0.717) is 18.4 Å². The zero-order chi connectivity index (χ0) is 38.5. The van der Waals surface area contributed by atoms with Crippen LogP contribution in [0.4, 0.5) is 10.1 Å². The van der Waals surface area contributed by atoms with E-state index in [9.17, 15) is 14.0 Å². The Morgan fingerprint density at radius 2 is 1.54 bits per heavy atom. The molecule has 0 N–H and O–H groups in total. The number of halogens is 1. The summed E-state index contributed by atoms with van der Waals surface area (Å²) in [5, 5.41) is 0. The van der Waals surface area contributed by atoms with Crippen molar-refractivity contribution in [2.24, 2.45) is 11.8 Å². The van der Waals surface area contributed by atoms with Crippen LogP contribution in [-0.2, 0) is 24.4 Å². The number of amides is 1. The predicted molar refractivity (Wildman–Crippen MR) is 216 cm³/mol. The number of esters is 1. The fourth-order valence-corrected chi connectivity index (χ4v) is 6.56. The van der Waals surface area contributed by atoms with Gasteiger partial charge in [-0.15, -0.1) is 0 Å². The molecular weight excluding hydrogens is 644 g/mol. The van der Waals surface area contributed by atoms with Crippen molar-refractivity contribution in [3.8, 4) is 0 Å². The standard InChI is InChI=1S/C27H43BNO2S.C9H18O2.C6H13F/c1-8-11-19-16-21(17-19)29-23-18-20(28-31-25(4,5)26(6,7)32)12-13-22(23)27(14-9-2,15-10-3)24(29)30;1-6-7(2)8(10)11-9(3,4)5;1-3-5-6(7)4-2/h12-13,18-19,21,32H,8-11,14-17H2,1-7H3;7H,6H2,1-5H3;6H,3-5H2,1-2H3. The van der Waals surface area contributed by atoms with Crippen molar-refractivity contribution in [1.29, 1.82) is 0 Å². The molecule has 1 fully saturated rings. The zero-order valence-corrected chi connectivity index (χ0v) is 35.4. The molecule has 1 aliphatic carbocycles. The molecule has 1 saturated carbocycles. The van der Waals surface area contributed by atoms with E-state index in [0.717, 1.165) is 74.9 Å². The van der Waals surface area contributed by atoms with Gasteiger partial charge in [0.05, 0.1) is 23.1 Å². The molecule has 2 aliphatic rings. The van der Waals surface area contributed by atoms with Crippen LogP contribution in [0.5, 0.6) is 0 Å². The number of rotatable bonds is 16. The first-order chi connectivity index (χ1) is 23.2. The van der Waals surface area contributed by atoms with Gasteiger partial charge in [-0.05, 0) is 111 Å². The minimum Gasteiger partial charge on any atom is -0.460 e. The normalized spacial score (nSPS) is 19.6. The predicted octanol–water partition coefficient (Wildman–Crippen LogP) is 11.1. The first-order valence-corrected chi connectivity index (χ1v) is 20.2. The van der Waals surface area contributed by atoms with Gasteiger partial charge < -0.3 is 14.3 Å². The summed E-state index contributed by atoms with van der Waals surface area (Å²) in [4.78, 5) is 27.3. The quantitative estimate of drug-likeness (QED) is 0.105. The number of carbonyl (C=O) groups is 2. The molecule has 0 spiro atoms. The second-order valence-corrected chi connectivity index (χ2v) is 17.9. The first-order valence-electron chi connectivity index (χ1n) is 19.8. The summed E-state index contributed by atoms with van der Waals surface area (Å²) in [6, 6.07) is 6.86. The molecular formula is C42H74BFNO4S. The van der Waals surface area contributed by atoms with E-state index in [4.69, 9.17) is 22.0 Å². The van der Waals surface area contributed by atoms with E-state index >= 15 is 0 Å². The lowest BCUT2D eigenvalue weighted by Crippen LogP contribution is -2.50. The van der Waals surface area contributed by atoms with E-state index in [2.05, 4.69) is 71.6 Å². The van der Waals surface area contributed by atoms with Crippen molar-refractivity contribution in [2.75, 3.05) is 4.90 Å². The Labute approximate surface area is 313 Å². The van der Waals surface area contributed by atoms with Gasteiger partial charge in [-0.1, -0.05) is 98.2 Å². The Morgan fingerprint density at radius 3 is 1.96 bits per heavy atom. The van der Waals surface area contributed by atoms with Crippen LogP contribution in [0, 0.1) is 11.8 Å². The average molecular weight is 719 g/mol. The number of nitrogens with zero attached hydrogens (tertiary/aromatic N) is 1. The van der Waals surface area contributed by atoms with Crippen molar-refractivity contribution in [2.45, 2.75) is 208 Å². The smallest absolute Gasteiger partial charge is 0.330 e. The summed E-state index contributed by atoms with van der Waals surface area (Å²) in [6.07, 6.45) is 11.3. The van der Waals surface area contributed by atoms with Crippen molar-refractivity contribution >= 4 is 43.1 Å². The molecule has 0 bridgehead atoms. The van der Waals surface area contributed by atoms with Crippen LogP contribution in [0.1, 0.15) is 180 Å². The monoisotopic (exact) mass is 719 g/mol. The molecule has 1 aromatic rings. The van der Waals surface area contributed by atoms with Gasteiger partial charge in [-0.3, -0.25) is 9.59 Å². The third kappa shape index (κ3) is 13.1. The molecule has 2 atom stereocenters. The summed E-state index contributed by atoms with van der Waals surface area (Å²) in [5.74, 6) is 1.03. The average Bonchev–Trinajstić information content (AvgIpc) is 3.23. The van der Waals surface area contributed by atoms with Crippen LogP contribution < -0.4 is 10.4 Å². The lowest BCUT2D eigenvalue weighted by Gasteiger charge is -2.42. The fourth-order valence-electron chi connectivity index (χ4n) is 6.51. The van der Waals surface area contributed by atoms with Crippen LogP contribution in [-0.4, -0.2) is 47.5 Å². The number of carbonyl (C=O) groups excluding carboxylic acids is 2. The van der Waals surface area contributed by atoms with Gasteiger partial charge in [0, 0.05) is 16.5 Å². The Morgan fingerprint density at radius 1 is 0.960 bits per heavy atom. The number of thiol groups is 1. The van der Waals surface area contributed by atoms with Gasteiger partial charge in [-0.2, -0.15) is 12.6 Å². The number of hydrogen-bond acceptors (Lipinski definition) is 5. The summed E-state index contributed by atoms with van der Waals surface area (Å²) in [7, 11) is 1.85. The number of alkyl halides is 1. The van der Waals surface area contributed by atoms with Crippen molar-refractivity contribution in [1.82, 2.24) is 0 Å². The molecule has 8 heteroatoms. The SMILES string of the molecule is CCC(C)C(=O)OC(C)(C)C.CCCC(F)CC.CCCC1CC(N2C(=O)C(CCC)(CCC)c3ccc([B]OC(C)(C)C(C)(C)S)cc32)C1. The minimum absolute atomic E-state index is 0.0224. The highest BCUT2D eigenvalue weighted by atomic mass is 32.1. The maximum atomic E-state index is 14.0. The number of ether oxygens (including phenoxy) is 1. The van der Waals surface area contributed by atoms with Crippen molar-refractivity contribution in [3.05, 3.63) is 23.8 Å². The molecule has 1 aliphatic heterocycles. The molecule has 1 amide bonds. The highest BCUT2D eigenvalue weighted by Gasteiger charge is 2.53. The summed E-state index contributed by atoms with van der Waals surface area (Å²) < 4.78 is 23.2. The third-order valence-corrected chi connectivity index (χ3v) is 11.0. The lowest BCUT2D eigenvalue weighted by molar-refractivity contribution is -0.159. The second kappa shape index (κ2) is 20.6. The molecule has 1 heterocycles. The van der Waals surface area contributed by atoms with Crippen LogP contribution >= 0.6 is 12.6 Å². The molecule has 1 radical (unpaired) electrons. The lowest BCUT2D eigenvalue weighted by atomic mass is 9.73. The van der Waals surface area contributed by atoms with E-state index in [1.54, 1.807) is 0 Å². The highest BCUT2D eigenvalue weighted by Crippen LogP contribution is 2.51. The molecule has 0 saturated heterocycles. The van der Waals surface area contributed by atoms with E-state index < -0.39 is 11.8 Å². The van der Waals surface area contributed by atoms with Gasteiger partial charge in [0.15, 0.2) is 0 Å². The van der Waals surface area contributed by atoms with Crippen molar-refractivity contribution in [3.63, 3.8) is 0 Å². The number of fused-ring (bicyclic) bond motifs is 1. The fraction of sp³-hybridized carbons (Fsp3) is 0.810. The molecule has 2 unspecified atom stereocenters. The Hall–Kier alpha value is -1.54. The maximum absolute atomic E-state index is 14.0. The van der Waals surface area contributed by atoms with E-state index in [1.165, 1.54) is 18.4 Å². The van der Waals surface area contributed by atoms with E-state index in [1.807, 2.05) is 55.9 Å². The van der Waals surface area contributed by atoms with Gasteiger partial charge in [0.2, 0.25) is 5.91 Å². The topological polar surface area (TPSA) is 55.8 Å². The largest absolute Gasteiger partial charge is 0.460 e. The highest BCUT2D eigenvalue weighted by molar-refractivity contribution is 7.81. The van der Waals surface area contributed by atoms with Crippen LogP contribution in [0.15, 0.2) is 18.2 Å². The first kappa shape index (κ1) is 46.5. The third-order valence-electron chi connectivity index (χ3n) is 10.5. The number of hydrogen-bond donors (Lipinski definition) is 1. The maximum Gasteiger partial charge on any atom is 0.330 e. The Kier molecular flexibility index (Phi) is 19.2. The van der Waals surface area contributed by atoms with E-state index in [-0.39, 0.29) is 27.7 Å².